The molecule has 0 amide bonds. The van der Waals surface area contributed by atoms with E-state index in [-0.39, 0.29) is 0 Å². The monoisotopic (exact) mass is 252 g/mol. The van der Waals surface area contributed by atoms with Crippen LogP contribution in [0.15, 0.2) is 48.5 Å². The molecule has 0 bridgehead atoms. The van der Waals surface area contributed by atoms with Gasteiger partial charge in [-0.05, 0) is 24.6 Å². The van der Waals surface area contributed by atoms with Gasteiger partial charge < -0.3 is 10.1 Å². The lowest BCUT2D eigenvalue weighted by atomic mass is 10.1. The highest BCUT2D eigenvalue weighted by molar-refractivity contribution is 5.58. The molecule has 3 heteroatoms. The predicted molar refractivity (Wildman–Crippen MR) is 76.1 cm³/mol. The summed E-state index contributed by atoms with van der Waals surface area (Å²) < 4.78 is 5.28. The fourth-order valence-electron chi connectivity index (χ4n) is 1.96. The molecule has 96 valence electrons. The second kappa shape index (κ2) is 5.92. The number of benzene rings is 2. The minimum atomic E-state index is -0.392. The van der Waals surface area contributed by atoms with Crippen molar-refractivity contribution in [2.45, 2.75) is 13.0 Å². The molecule has 19 heavy (non-hydrogen) atoms. The van der Waals surface area contributed by atoms with Crippen LogP contribution in [0, 0.1) is 18.3 Å². The number of rotatable bonds is 4. The van der Waals surface area contributed by atoms with Crippen molar-refractivity contribution in [3.63, 3.8) is 0 Å². The van der Waals surface area contributed by atoms with Crippen LogP contribution in [0.25, 0.3) is 0 Å². The molecule has 0 aliphatic heterocycles. The van der Waals surface area contributed by atoms with Gasteiger partial charge in [0.15, 0.2) is 0 Å². The van der Waals surface area contributed by atoms with Gasteiger partial charge in [-0.2, -0.15) is 5.26 Å². The first kappa shape index (κ1) is 13.0. The van der Waals surface area contributed by atoms with Crippen molar-refractivity contribution in [3.05, 3.63) is 59.7 Å². The minimum absolute atomic E-state index is 0.392. The summed E-state index contributed by atoms with van der Waals surface area (Å²) in [6.45, 7) is 2.01. The predicted octanol–water partition coefficient (Wildman–Crippen LogP) is 3.68. The van der Waals surface area contributed by atoms with Gasteiger partial charge >= 0.3 is 0 Å². The zero-order valence-electron chi connectivity index (χ0n) is 11.1. The number of nitrogens with one attached hydrogen (secondary N) is 1. The molecule has 2 rings (SSSR count). The average Bonchev–Trinajstić information content (AvgIpc) is 2.45. The van der Waals surface area contributed by atoms with Gasteiger partial charge in [0.2, 0.25) is 0 Å². The second-order valence-corrected chi connectivity index (χ2v) is 4.32. The lowest BCUT2D eigenvalue weighted by molar-refractivity contribution is 0.416. The Morgan fingerprint density at radius 2 is 1.95 bits per heavy atom. The van der Waals surface area contributed by atoms with Crippen LogP contribution in [0.1, 0.15) is 17.2 Å². The summed E-state index contributed by atoms with van der Waals surface area (Å²) in [7, 11) is 1.62. The van der Waals surface area contributed by atoms with E-state index in [1.165, 1.54) is 0 Å². The third-order valence-electron chi connectivity index (χ3n) is 2.91. The summed E-state index contributed by atoms with van der Waals surface area (Å²) in [6.07, 6.45) is 0. The van der Waals surface area contributed by atoms with Gasteiger partial charge in [0.25, 0.3) is 0 Å². The number of aryl methyl sites for hydroxylation is 1. The number of nitrogens with zero attached hydrogens (tertiary/aromatic N) is 1. The van der Waals surface area contributed by atoms with E-state index in [1.807, 2.05) is 55.5 Å². The quantitative estimate of drug-likeness (QED) is 0.902. The van der Waals surface area contributed by atoms with Crippen molar-refractivity contribution in [2.75, 3.05) is 12.4 Å². The molecule has 0 spiro atoms. The summed E-state index contributed by atoms with van der Waals surface area (Å²) in [5, 5.41) is 12.5. The molecule has 0 fully saturated rings. The van der Waals surface area contributed by atoms with Gasteiger partial charge in [0.05, 0.1) is 18.9 Å². The van der Waals surface area contributed by atoms with Gasteiger partial charge in [0, 0.05) is 0 Å². The van der Waals surface area contributed by atoms with E-state index >= 15 is 0 Å². The first-order chi connectivity index (χ1) is 9.24. The van der Waals surface area contributed by atoms with E-state index in [1.54, 1.807) is 7.11 Å². The number of ether oxygens (including phenoxy) is 1. The number of anilines is 1. The molecule has 0 aromatic heterocycles. The SMILES string of the molecule is COc1ccccc1NC(C#N)c1cccc(C)c1. The maximum atomic E-state index is 9.34. The summed E-state index contributed by atoms with van der Waals surface area (Å²) >= 11 is 0. The Balaban J connectivity index is 2.27. The summed E-state index contributed by atoms with van der Waals surface area (Å²) in [4.78, 5) is 0. The largest absolute Gasteiger partial charge is 0.495 e. The standard InChI is InChI=1S/C16H16N2O/c1-12-6-5-7-13(10-12)15(11-17)18-14-8-3-4-9-16(14)19-2/h3-10,15,18H,1-2H3. The van der Waals surface area contributed by atoms with Crippen LogP contribution in [0.4, 0.5) is 5.69 Å². The minimum Gasteiger partial charge on any atom is -0.495 e. The topological polar surface area (TPSA) is 45.0 Å². The third kappa shape index (κ3) is 3.05. The van der Waals surface area contributed by atoms with Crippen LogP contribution < -0.4 is 10.1 Å². The summed E-state index contributed by atoms with van der Waals surface area (Å²) in [5.74, 6) is 0.732. The van der Waals surface area contributed by atoms with Crippen LogP contribution in [-0.4, -0.2) is 7.11 Å². The van der Waals surface area contributed by atoms with Crippen LogP contribution >= 0.6 is 0 Å². The van der Waals surface area contributed by atoms with E-state index < -0.39 is 6.04 Å². The maximum absolute atomic E-state index is 9.34. The van der Waals surface area contributed by atoms with Gasteiger partial charge in [-0.25, -0.2) is 0 Å². The molecule has 1 N–H and O–H groups in total. The Labute approximate surface area is 113 Å². The summed E-state index contributed by atoms with van der Waals surface area (Å²) in [5.41, 5.74) is 2.91. The van der Waals surface area contributed by atoms with Crippen molar-refractivity contribution < 1.29 is 4.74 Å². The first-order valence-corrected chi connectivity index (χ1v) is 6.10. The number of hydrogen-bond acceptors (Lipinski definition) is 3. The average molecular weight is 252 g/mol. The lowest BCUT2D eigenvalue weighted by Crippen LogP contribution is -2.09. The Bertz CT molecular complexity index is 602. The molecule has 1 atom stereocenters. The molecule has 0 saturated heterocycles. The highest BCUT2D eigenvalue weighted by Crippen LogP contribution is 2.27. The molecular weight excluding hydrogens is 236 g/mol. The zero-order valence-corrected chi connectivity index (χ0v) is 11.1. The first-order valence-electron chi connectivity index (χ1n) is 6.10. The molecule has 2 aromatic rings. The van der Waals surface area contributed by atoms with Crippen molar-refractivity contribution in [3.8, 4) is 11.8 Å². The molecule has 1 unspecified atom stereocenters. The van der Waals surface area contributed by atoms with Gasteiger partial charge in [-0.3, -0.25) is 0 Å². The van der Waals surface area contributed by atoms with Crippen molar-refractivity contribution >= 4 is 5.69 Å². The number of hydrogen-bond donors (Lipinski definition) is 1. The van der Waals surface area contributed by atoms with E-state index in [0.29, 0.717) is 0 Å². The maximum Gasteiger partial charge on any atom is 0.141 e. The molecule has 0 radical (unpaired) electrons. The fourth-order valence-corrected chi connectivity index (χ4v) is 1.96. The zero-order chi connectivity index (χ0) is 13.7. The van der Waals surface area contributed by atoms with Crippen LogP contribution in [0.3, 0.4) is 0 Å². The van der Waals surface area contributed by atoms with Crippen LogP contribution in [0.2, 0.25) is 0 Å². The normalized spacial score (nSPS) is 11.4. The van der Waals surface area contributed by atoms with Crippen molar-refractivity contribution in [1.82, 2.24) is 0 Å². The highest BCUT2D eigenvalue weighted by Gasteiger charge is 2.12. The Kier molecular flexibility index (Phi) is 4.04. The summed E-state index contributed by atoms with van der Waals surface area (Å²) in [6, 6.07) is 17.4. The molecule has 0 aliphatic rings. The van der Waals surface area contributed by atoms with Crippen molar-refractivity contribution in [2.24, 2.45) is 0 Å². The molecular formula is C16H16N2O. The lowest BCUT2D eigenvalue weighted by Gasteiger charge is -2.16. The van der Waals surface area contributed by atoms with Crippen LogP contribution in [0.5, 0.6) is 5.75 Å². The Morgan fingerprint density at radius 3 is 2.63 bits per heavy atom. The second-order valence-electron chi connectivity index (χ2n) is 4.32. The Morgan fingerprint density at radius 1 is 1.16 bits per heavy atom. The number of methoxy groups -OCH3 is 1. The smallest absolute Gasteiger partial charge is 0.141 e. The number of para-hydroxylation sites is 2. The van der Waals surface area contributed by atoms with Gasteiger partial charge in [-0.15, -0.1) is 0 Å². The third-order valence-corrected chi connectivity index (χ3v) is 2.91. The molecule has 0 aliphatic carbocycles. The van der Waals surface area contributed by atoms with E-state index in [0.717, 1.165) is 22.6 Å². The molecule has 2 aromatic carbocycles. The van der Waals surface area contributed by atoms with E-state index in [9.17, 15) is 5.26 Å². The Hall–Kier alpha value is -2.47. The van der Waals surface area contributed by atoms with Crippen molar-refractivity contribution in [1.29, 1.82) is 5.26 Å². The molecule has 0 saturated carbocycles. The van der Waals surface area contributed by atoms with E-state index in [2.05, 4.69) is 11.4 Å². The van der Waals surface area contributed by atoms with Gasteiger partial charge in [-0.1, -0.05) is 42.0 Å². The van der Waals surface area contributed by atoms with Gasteiger partial charge in [0.1, 0.15) is 11.8 Å². The number of nitriles is 1. The molecule has 3 nitrogen and oxygen atoms in total. The van der Waals surface area contributed by atoms with Crippen LogP contribution in [-0.2, 0) is 0 Å². The highest BCUT2D eigenvalue weighted by atomic mass is 16.5. The molecule has 0 heterocycles. The van der Waals surface area contributed by atoms with E-state index in [4.69, 9.17) is 4.74 Å². The fraction of sp³-hybridized carbons (Fsp3) is 0.188.